The number of nitrogens with zero attached hydrogens (tertiary/aromatic N) is 2. The minimum absolute atomic E-state index is 0.118. The molecule has 1 N–H and O–H groups in total. The Morgan fingerprint density at radius 2 is 2.00 bits per heavy atom. The molecule has 1 atom stereocenters. The first kappa shape index (κ1) is 18.6. The van der Waals surface area contributed by atoms with Gasteiger partial charge in [-0.2, -0.15) is 5.10 Å². The molecule has 1 aliphatic rings. The summed E-state index contributed by atoms with van der Waals surface area (Å²) in [5.41, 5.74) is 2.62. The smallest absolute Gasteiger partial charge is 0.220 e. The lowest BCUT2D eigenvalue weighted by Gasteiger charge is -2.29. The fraction of sp³-hybridized carbons (Fsp3) is 0.474. The van der Waals surface area contributed by atoms with Crippen LogP contribution >= 0.6 is 0 Å². The van der Waals surface area contributed by atoms with Gasteiger partial charge in [-0.15, -0.1) is 0 Å². The molecule has 0 radical (unpaired) electrons. The van der Waals surface area contributed by atoms with Gasteiger partial charge in [-0.05, 0) is 62.3 Å². The fourth-order valence-corrected chi connectivity index (χ4v) is 5.93. The van der Waals surface area contributed by atoms with Crippen molar-refractivity contribution in [3.05, 3.63) is 40.1 Å². The molecule has 26 heavy (non-hydrogen) atoms. The van der Waals surface area contributed by atoms with Crippen molar-refractivity contribution in [3.63, 3.8) is 0 Å². The maximum absolute atomic E-state index is 13.0. The molecule has 0 saturated carbocycles. The van der Waals surface area contributed by atoms with Crippen LogP contribution in [0.2, 0.25) is 0 Å². The van der Waals surface area contributed by atoms with Crippen LogP contribution in [-0.4, -0.2) is 34.8 Å². The van der Waals surface area contributed by atoms with Crippen molar-refractivity contribution in [1.29, 1.82) is 0 Å². The number of benzene rings is 1. The minimum atomic E-state index is -3.33. The maximum atomic E-state index is 13.0. The van der Waals surface area contributed by atoms with Crippen molar-refractivity contribution < 1.29 is 18.3 Å². The molecule has 0 saturated heterocycles. The van der Waals surface area contributed by atoms with Gasteiger partial charge >= 0.3 is 0 Å². The van der Waals surface area contributed by atoms with E-state index in [2.05, 4.69) is 5.10 Å². The molecule has 2 aromatic rings. The first-order valence-electron chi connectivity index (χ1n) is 8.89. The van der Waals surface area contributed by atoms with Crippen molar-refractivity contribution in [3.8, 4) is 5.88 Å². The molecule has 0 spiro atoms. The molecule has 1 aromatic carbocycles. The van der Waals surface area contributed by atoms with E-state index < -0.39 is 9.84 Å². The van der Waals surface area contributed by atoms with Gasteiger partial charge in [-0.1, -0.05) is 6.92 Å². The summed E-state index contributed by atoms with van der Waals surface area (Å²) < 4.78 is 26.6. The van der Waals surface area contributed by atoms with E-state index >= 15 is 0 Å². The summed E-state index contributed by atoms with van der Waals surface area (Å²) in [4.78, 5) is 13.4. The molecule has 6 nitrogen and oxygen atoms in total. The zero-order chi connectivity index (χ0) is 19.2. The summed E-state index contributed by atoms with van der Waals surface area (Å²) in [6.45, 7) is 7.85. The molecule has 1 aliphatic heterocycles. The van der Waals surface area contributed by atoms with Crippen LogP contribution in [0.1, 0.15) is 65.2 Å². The molecule has 0 aliphatic carbocycles. The van der Waals surface area contributed by atoms with Crippen LogP contribution in [0.15, 0.2) is 17.2 Å². The van der Waals surface area contributed by atoms with Gasteiger partial charge in [-0.3, -0.25) is 4.79 Å². The summed E-state index contributed by atoms with van der Waals surface area (Å²) in [6, 6.07) is 1.63. The molecule has 2 heterocycles. The highest BCUT2D eigenvalue weighted by atomic mass is 32.2. The fourth-order valence-electron chi connectivity index (χ4n) is 3.93. The van der Waals surface area contributed by atoms with Crippen molar-refractivity contribution in [2.75, 3.05) is 5.75 Å². The lowest BCUT2D eigenvalue weighted by atomic mass is 9.85. The molecule has 0 amide bonds. The molecule has 0 bridgehead atoms. The number of sulfone groups is 1. The van der Waals surface area contributed by atoms with E-state index in [0.29, 0.717) is 34.6 Å². The Morgan fingerprint density at radius 1 is 1.31 bits per heavy atom. The van der Waals surface area contributed by atoms with Gasteiger partial charge in [0.25, 0.3) is 0 Å². The topological polar surface area (TPSA) is 89.3 Å². The van der Waals surface area contributed by atoms with Crippen LogP contribution in [0, 0.1) is 13.8 Å². The van der Waals surface area contributed by atoms with E-state index in [1.165, 1.54) is 10.9 Å². The lowest BCUT2D eigenvalue weighted by molar-refractivity contribution is 0.103. The summed E-state index contributed by atoms with van der Waals surface area (Å²) >= 11 is 0. The normalized spacial score (nSPS) is 18.5. The average Bonchev–Trinajstić information content (AvgIpc) is 2.97. The minimum Gasteiger partial charge on any atom is -0.493 e. The second-order valence-electron chi connectivity index (χ2n) is 6.85. The molecule has 0 fully saturated rings. The summed E-state index contributed by atoms with van der Waals surface area (Å²) in [5.74, 6) is -0.224. The predicted octanol–water partition coefficient (Wildman–Crippen LogP) is 3.13. The number of fused-ring (bicyclic) bond motifs is 1. The zero-order valence-corrected chi connectivity index (χ0v) is 16.4. The van der Waals surface area contributed by atoms with Gasteiger partial charge in [0.2, 0.25) is 5.88 Å². The van der Waals surface area contributed by atoms with Gasteiger partial charge in [0.15, 0.2) is 15.6 Å². The molecule has 7 heteroatoms. The van der Waals surface area contributed by atoms with Crippen molar-refractivity contribution >= 4 is 15.6 Å². The lowest BCUT2D eigenvalue weighted by Crippen LogP contribution is -2.23. The van der Waals surface area contributed by atoms with E-state index in [-0.39, 0.29) is 28.9 Å². The number of carbonyl (C=O) groups excluding carboxylic acids is 1. The number of ketones is 1. The van der Waals surface area contributed by atoms with Crippen molar-refractivity contribution in [2.24, 2.45) is 0 Å². The Bertz CT molecular complexity index is 989. The largest absolute Gasteiger partial charge is 0.493 e. The predicted molar refractivity (Wildman–Crippen MR) is 98.6 cm³/mol. The second kappa shape index (κ2) is 6.54. The highest BCUT2D eigenvalue weighted by Crippen LogP contribution is 2.41. The van der Waals surface area contributed by atoms with Crippen LogP contribution in [0.3, 0.4) is 0 Å². The average molecular weight is 376 g/mol. The quantitative estimate of drug-likeness (QED) is 0.828. The molecular formula is C19H24N2O4S. The van der Waals surface area contributed by atoms with E-state index in [1.807, 2.05) is 13.8 Å². The number of carbonyl (C=O) groups is 1. The summed E-state index contributed by atoms with van der Waals surface area (Å²) in [7, 11) is -3.33. The SMILES string of the molecule is CCC1CCS(=O)(=O)c2c(C)cc(C(=O)c3cnn(CC)c3O)c(C)c21. The van der Waals surface area contributed by atoms with Crippen LogP contribution < -0.4 is 0 Å². The number of aryl methyl sites for hydroxylation is 2. The Morgan fingerprint density at radius 3 is 2.58 bits per heavy atom. The van der Waals surface area contributed by atoms with E-state index in [1.54, 1.807) is 19.9 Å². The highest BCUT2D eigenvalue weighted by molar-refractivity contribution is 7.91. The second-order valence-corrected chi connectivity index (χ2v) is 8.89. The standard InChI is InChI=1S/C19H24N2O4S/c1-5-13-7-8-26(24,25)18-11(3)9-14(12(4)16(13)18)17(22)15-10-20-21(6-2)19(15)23/h9-10,13,23H,5-8H2,1-4H3. The number of hydrogen-bond donors (Lipinski definition) is 1. The Balaban J connectivity index is 2.23. The first-order chi connectivity index (χ1) is 12.2. The number of aromatic nitrogens is 2. The van der Waals surface area contributed by atoms with Crippen LogP contribution in [0.25, 0.3) is 0 Å². The number of aromatic hydroxyl groups is 1. The van der Waals surface area contributed by atoms with Gasteiger partial charge in [0.1, 0.15) is 5.56 Å². The van der Waals surface area contributed by atoms with Gasteiger partial charge < -0.3 is 5.11 Å². The summed E-state index contributed by atoms with van der Waals surface area (Å²) in [5, 5.41) is 14.2. The van der Waals surface area contributed by atoms with Crippen molar-refractivity contribution in [2.45, 2.75) is 57.9 Å². The molecule has 1 unspecified atom stereocenters. The van der Waals surface area contributed by atoms with Crippen molar-refractivity contribution in [1.82, 2.24) is 9.78 Å². The molecule has 3 rings (SSSR count). The Kier molecular flexibility index (Phi) is 4.69. The van der Waals surface area contributed by atoms with Crippen LogP contribution in [0.4, 0.5) is 0 Å². The third-order valence-electron chi connectivity index (χ3n) is 5.32. The number of hydrogen-bond acceptors (Lipinski definition) is 5. The number of rotatable bonds is 4. The van der Waals surface area contributed by atoms with Gasteiger partial charge in [0.05, 0.1) is 16.8 Å². The highest BCUT2D eigenvalue weighted by Gasteiger charge is 2.34. The monoisotopic (exact) mass is 376 g/mol. The van der Waals surface area contributed by atoms with E-state index in [0.717, 1.165) is 12.0 Å². The molecule has 140 valence electrons. The maximum Gasteiger partial charge on any atom is 0.220 e. The zero-order valence-electron chi connectivity index (χ0n) is 15.5. The Labute approximate surface area is 153 Å². The third kappa shape index (κ3) is 2.74. The summed E-state index contributed by atoms with van der Waals surface area (Å²) in [6.07, 6.45) is 2.76. The third-order valence-corrected chi connectivity index (χ3v) is 7.26. The van der Waals surface area contributed by atoms with E-state index in [9.17, 15) is 18.3 Å². The molecule has 1 aromatic heterocycles. The Hall–Kier alpha value is -2.15. The van der Waals surface area contributed by atoms with E-state index in [4.69, 9.17) is 0 Å². The molecular weight excluding hydrogens is 352 g/mol. The van der Waals surface area contributed by atoms with Crippen LogP contribution in [0.5, 0.6) is 5.88 Å². The first-order valence-corrected chi connectivity index (χ1v) is 10.5. The van der Waals surface area contributed by atoms with Gasteiger partial charge in [0, 0.05) is 12.1 Å². The van der Waals surface area contributed by atoms with Gasteiger partial charge in [-0.25, -0.2) is 13.1 Å². The van der Waals surface area contributed by atoms with Crippen LogP contribution in [-0.2, 0) is 16.4 Å².